The number of nitrogens with zero attached hydrogens (tertiary/aromatic N) is 2. The zero-order chi connectivity index (χ0) is 23.5. The average Bonchev–Trinajstić information content (AvgIpc) is 3.31. The summed E-state index contributed by atoms with van der Waals surface area (Å²) in [6.07, 6.45) is 2.38. The molecule has 0 radical (unpaired) electrons. The number of thiophene rings is 1. The van der Waals surface area contributed by atoms with E-state index in [1.165, 1.54) is 5.56 Å². The molecular weight excluding hydrogens is 472 g/mol. The van der Waals surface area contributed by atoms with Gasteiger partial charge in [0.15, 0.2) is 5.11 Å². The molecule has 0 aliphatic rings. The van der Waals surface area contributed by atoms with Crippen LogP contribution < -0.4 is 10.6 Å². The van der Waals surface area contributed by atoms with Crippen molar-refractivity contribution in [2.24, 2.45) is 7.05 Å². The number of rotatable bonds is 6. The van der Waals surface area contributed by atoms with Crippen LogP contribution in [0.1, 0.15) is 38.6 Å². The number of pyridine rings is 1. The van der Waals surface area contributed by atoms with Crippen molar-refractivity contribution in [1.29, 1.82) is 0 Å². The SMILES string of the molecule is Cc1csc(NC(=S)Nc2ccc(Cc3cc(C)c(C(=O)c4ccc(Cl)cc4)n3C)nc2)c1. The van der Waals surface area contributed by atoms with Crippen LogP contribution in [0.25, 0.3) is 0 Å². The summed E-state index contributed by atoms with van der Waals surface area (Å²) >= 11 is 13.0. The Hall–Kier alpha value is -3.00. The maximum atomic E-state index is 13.0. The number of ketones is 1. The second-order valence-electron chi connectivity index (χ2n) is 7.84. The Balaban J connectivity index is 1.44. The van der Waals surface area contributed by atoms with E-state index in [1.807, 2.05) is 49.7 Å². The van der Waals surface area contributed by atoms with Crippen molar-refractivity contribution >= 4 is 56.7 Å². The fourth-order valence-corrected chi connectivity index (χ4v) is 4.84. The van der Waals surface area contributed by atoms with Gasteiger partial charge in [-0.1, -0.05) is 11.6 Å². The lowest BCUT2D eigenvalue weighted by molar-refractivity contribution is 0.103. The van der Waals surface area contributed by atoms with Crippen molar-refractivity contribution in [3.63, 3.8) is 0 Å². The Bertz CT molecular complexity index is 1310. The monoisotopic (exact) mass is 494 g/mol. The number of anilines is 2. The summed E-state index contributed by atoms with van der Waals surface area (Å²) in [6, 6.07) is 15.0. The lowest BCUT2D eigenvalue weighted by Gasteiger charge is -2.10. The van der Waals surface area contributed by atoms with Crippen molar-refractivity contribution in [3.8, 4) is 0 Å². The second kappa shape index (κ2) is 9.87. The number of carbonyl (C=O) groups is 1. The molecule has 0 aliphatic heterocycles. The molecule has 4 aromatic rings. The highest BCUT2D eigenvalue weighted by Gasteiger charge is 2.19. The molecule has 5 nitrogen and oxygen atoms in total. The van der Waals surface area contributed by atoms with Gasteiger partial charge in [-0.15, -0.1) is 11.3 Å². The van der Waals surface area contributed by atoms with E-state index in [4.69, 9.17) is 23.8 Å². The number of nitrogens with one attached hydrogen (secondary N) is 2. The van der Waals surface area contributed by atoms with Crippen LogP contribution in [-0.2, 0) is 13.5 Å². The summed E-state index contributed by atoms with van der Waals surface area (Å²) in [7, 11) is 1.91. The Morgan fingerprint density at radius 2 is 1.88 bits per heavy atom. The van der Waals surface area contributed by atoms with Gasteiger partial charge in [0.2, 0.25) is 5.78 Å². The molecule has 0 amide bonds. The maximum Gasteiger partial charge on any atom is 0.209 e. The second-order valence-corrected chi connectivity index (χ2v) is 9.60. The minimum atomic E-state index is -0.0210. The zero-order valence-electron chi connectivity index (χ0n) is 18.5. The molecule has 0 atom stereocenters. The number of benzene rings is 1. The smallest absolute Gasteiger partial charge is 0.209 e. The van der Waals surface area contributed by atoms with Gasteiger partial charge in [0.05, 0.1) is 22.6 Å². The first-order valence-corrected chi connectivity index (χ1v) is 12.0. The van der Waals surface area contributed by atoms with Crippen LogP contribution in [-0.4, -0.2) is 20.4 Å². The van der Waals surface area contributed by atoms with Gasteiger partial charge in [0, 0.05) is 35.4 Å². The first-order chi connectivity index (χ1) is 15.8. The molecule has 0 saturated carbocycles. The minimum absolute atomic E-state index is 0.0210. The van der Waals surface area contributed by atoms with E-state index in [2.05, 4.69) is 21.0 Å². The Labute approximate surface area is 207 Å². The van der Waals surface area contributed by atoms with E-state index >= 15 is 0 Å². The summed E-state index contributed by atoms with van der Waals surface area (Å²) in [5.41, 5.74) is 6.15. The van der Waals surface area contributed by atoms with Crippen molar-refractivity contribution in [2.45, 2.75) is 20.3 Å². The number of aryl methyl sites for hydroxylation is 2. The highest BCUT2D eigenvalue weighted by Crippen LogP contribution is 2.22. The predicted octanol–water partition coefficient (Wildman–Crippen LogP) is 6.38. The molecule has 0 fully saturated rings. The van der Waals surface area contributed by atoms with Gasteiger partial charge in [0.25, 0.3) is 0 Å². The molecule has 168 valence electrons. The molecular formula is C25H23ClN4OS2. The average molecular weight is 495 g/mol. The van der Waals surface area contributed by atoms with E-state index in [9.17, 15) is 4.79 Å². The van der Waals surface area contributed by atoms with Crippen LogP contribution in [0, 0.1) is 13.8 Å². The van der Waals surface area contributed by atoms with E-state index in [0.29, 0.717) is 27.8 Å². The van der Waals surface area contributed by atoms with Crippen LogP contribution in [0.2, 0.25) is 5.02 Å². The highest BCUT2D eigenvalue weighted by atomic mass is 35.5. The number of carbonyl (C=O) groups excluding carboxylic acids is 1. The van der Waals surface area contributed by atoms with Crippen molar-refractivity contribution in [2.75, 3.05) is 10.6 Å². The number of aromatic nitrogens is 2. The first-order valence-electron chi connectivity index (χ1n) is 10.3. The number of hydrogen-bond donors (Lipinski definition) is 2. The quantitative estimate of drug-likeness (QED) is 0.240. The standard InChI is InChI=1S/C25H23ClN4OS2/c1-15-10-22(33-14-15)29-25(32)28-20-9-8-19(27-13-20)12-21-11-16(2)23(30(21)3)24(31)17-4-6-18(26)7-5-17/h4-11,13-14H,12H2,1-3H3,(H2,28,29,32). The molecule has 0 bridgehead atoms. The largest absolute Gasteiger partial charge is 0.344 e. The van der Waals surface area contributed by atoms with E-state index in [1.54, 1.807) is 41.8 Å². The molecule has 3 aromatic heterocycles. The van der Waals surface area contributed by atoms with Crippen molar-refractivity contribution < 1.29 is 4.79 Å². The van der Waals surface area contributed by atoms with Crippen LogP contribution in [0.4, 0.5) is 10.7 Å². The maximum absolute atomic E-state index is 13.0. The van der Waals surface area contributed by atoms with Gasteiger partial charge in [-0.3, -0.25) is 9.78 Å². The third-order valence-corrected chi connectivity index (χ3v) is 6.68. The Morgan fingerprint density at radius 1 is 1.12 bits per heavy atom. The van der Waals surface area contributed by atoms with E-state index in [0.717, 1.165) is 27.6 Å². The number of halogens is 1. The topological polar surface area (TPSA) is 58.9 Å². The zero-order valence-corrected chi connectivity index (χ0v) is 20.9. The summed E-state index contributed by atoms with van der Waals surface area (Å²) in [5, 5.41) is 10.5. The van der Waals surface area contributed by atoms with Gasteiger partial charge in [-0.25, -0.2) is 0 Å². The van der Waals surface area contributed by atoms with Crippen LogP contribution >= 0.6 is 35.2 Å². The van der Waals surface area contributed by atoms with Crippen molar-refractivity contribution in [3.05, 3.63) is 98.9 Å². The summed E-state index contributed by atoms with van der Waals surface area (Å²) < 4.78 is 1.95. The van der Waals surface area contributed by atoms with Gasteiger partial charge in [-0.2, -0.15) is 0 Å². The van der Waals surface area contributed by atoms with Gasteiger partial charge < -0.3 is 15.2 Å². The Morgan fingerprint density at radius 3 is 2.52 bits per heavy atom. The molecule has 4 rings (SSSR count). The van der Waals surface area contributed by atoms with Crippen LogP contribution in [0.3, 0.4) is 0 Å². The van der Waals surface area contributed by atoms with Crippen LogP contribution in [0.5, 0.6) is 0 Å². The highest BCUT2D eigenvalue weighted by molar-refractivity contribution is 7.80. The normalized spacial score (nSPS) is 10.8. The fraction of sp³-hybridized carbons (Fsp3) is 0.160. The first kappa shape index (κ1) is 23.2. The summed E-state index contributed by atoms with van der Waals surface area (Å²) in [4.78, 5) is 17.6. The molecule has 0 spiro atoms. The lowest BCUT2D eigenvalue weighted by atomic mass is 10.1. The predicted molar refractivity (Wildman–Crippen MR) is 141 cm³/mol. The van der Waals surface area contributed by atoms with Gasteiger partial charge >= 0.3 is 0 Å². The third kappa shape index (κ3) is 5.50. The lowest BCUT2D eigenvalue weighted by Crippen LogP contribution is -2.18. The number of hydrogen-bond acceptors (Lipinski definition) is 4. The molecule has 1 aromatic carbocycles. The van der Waals surface area contributed by atoms with E-state index in [-0.39, 0.29) is 5.78 Å². The summed E-state index contributed by atoms with van der Waals surface area (Å²) in [6.45, 7) is 4.00. The van der Waals surface area contributed by atoms with Gasteiger partial charge in [-0.05, 0) is 91.1 Å². The van der Waals surface area contributed by atoms with Gasteiger partial charge in [0.1, 0.15) is 0 Å². The third-order valence-electron chi connectivity index (χ3n) is 5.26. The molecule has 33 heavy (non-hydrogen) atoms. The minimum Gasteiger partial charge on any atom is -0.344 e. The van der Waals surface area contributed by atoms with Crippen LogP contribution in [0.15, 0.2) is 60.1 Å². The molecule has 2 N–H and O–H groups in total. The molecule has 0 saturated heterocycles. The summed E-state index contributed by atoms with van der Waals surface area (Å²) in [5.74, 6) is -0.0210. The molecule has 0 aliphatic carbocycles. The van der Waals surface area contributed by atoms with E-state index < -0.39 is 0 Å². The number of thiocarbonyl (C=S) groups is 1. The molecule has 3 heterocycles. The fourth-order valence-electron chi connectivity index (χ4n) is 3.62. The molecule has 8 heteroatoms. The molecule has 0 unspecified atom stereocenters. The Kier molecular flexibility index (Phi) is 6.93. The van der Waals surface area contributed by atoms with Crippen molar-refractivity contribution in [1.82, 2.24) is 9.55 Å².